The minimum absolute atomic E-state index is 0.0741. The molecule has 0 amide bonds. The first kappa shape index (κ1) is 13.9. The number of benzene rings is 1. The zero-order chi connectivity index (χ0) is 13.7. The van der Waals surface area contributed by atoms with E-state index in [-0.39, 0.29) is 11.6 Å². The minimum Gasteiger partial charge on any atom is -0.488 e. The molecule has 0 bridgehead atoms. The van der Waals surface area contributed by atoms with Gasteiger partial charge >= 0.3 is 0 Å². The smallest absolute Gasteiger partial charge is 0.145 e. The maximum absolute atomic E-state index is 13.2. The molecule has 1 heterocycles. The molecule has 5 heteroatoms. The topological polar surface area (TPSA) is 29.5 Å². The van der Waals surface area contributed by atoms with Crippen LogP contribution < -0.4 is 4.74 Å². The van der Waals surface area contributed by atoms with Crippen molar-refractivity contribution in [2.24, 2.45) is 0 Å². The first-order chi connectivity index (χ1) is 9.19. The van der Waals surface area contributed by atoms with Gasteiger partial charge in [0.25, 0.3) is 0 Å². The summed E-state index contributed by atoms with van der Waals surface area (Å²) in [6.45, 7) is 0.179. The molecule has 19 heavy (non-hydrogen) atoms. The van der Waals surface area contributed by atoms with Crippen LogP contribution >= 0.6 is 22.9 Å². The number of thiophene rings is 1. The molecular formula is C14H10ClFO2S. The van der Waals surface area contributed by atoms with Gasteiger partial charge in [0.15, 0.2) is 0 Å². The molecule has 0 aliphatic rings. The molecule has 2 aromatic rings. The van der Waals surface area contributed by atoms with Crippen LogP contribution in [0.3, 0.4) is 0 Å². The van der Waals surface area contributed by atoms with E-state index in [1.165, 1.54) is 23.5 Å². The molecule has 0 saturated heterocycles. The van der Waals surface area contributed by atoms with Crippen molar-refractivity contribution in [3.05, 3.63) is 50.9 Å². The number of ether oxygens (including phenoxy) is 1. The van der Waals surface area contributed by atoms with Crippen LogP contribution in [0.25, 0.3) is 0 Å². The molecule has 1 aromatic carbocycles. The molecule has 0 saturated carbocycles. The largest absolute Gasteiger partial charge is 0.488 e. The van der Waals surface area contributed by atoms with Gasteiger partial charge in [-0.3, -0.25) is 0 Å². The summed E-state index contributed by atoms with van der Waals surface area (Å²) in [5.41, 5.74) is 0.833. The van der Waals surface area contributed by atoms with Gasteiger partial charge in [-0.1, -0.05) is 23.4 Å². The fourth-order valence-corrected chi connectivity index (χ4v) is 2.23. The summed E-state index contributed by atoms with van der Waals surface area (Å²) in [5, 5.41) is 10.5. The Morgan fingerprint density at radius 3 is 2.95 bits per heavy atom. The molecule has 2 rings (SSSR count). The van der Waals surface area contributed by atoms with Gasteiger partial charge in [0.05, 0.1) is 5.02 Å². The number of aliphatic hydroxyl groups excluding tert-OH is 1. The zero-order valence-electron chi connectivity index (χ0n) is 9.82. The Morgan fingerprint density at radius 2 is 2.21 bits per heavy atom. The monoisotopic (exact) mass is 296 g/mol. The maximum Gasteiger partial charge on any atom is 0.145 e. The number of aliphatic hydroxyl groups is 1. The summed E-state index contributed by atoms with van der Waals surface area (Å²) < 4.78 is 18.7. The van der Waals surface area contributed by atoms with Crippen LogP contribution in [-0.4, -0.2) is 11.7 Å². The van der Waals surface area contributed by atoms with Gasteiger partial charge in [0, 0.05) is 21.9 Å². The molecule has 0 unspecified atom stereocenters. The fraction of sp³-hybridized carbons (Fsp3) is 0.143. The lowest BCUT2D eigenvalue weighted by molar-refractivity contribution is 0.308. The van der Waals surface area contributed by atoms with Crippen molar-refractivity contribution in [3.63, 3.8) is 0 Å². The van der Waals surface area contributed by atoms with E-state index in [4.69, 9.17) is 21.4 Å². The van der Waals surface area contributed by atoms with E-state index in [9.17, 15) is 4.39 Å². The second-order valence-corrected chi connectivity index (χ2v) is 5.03. The van der Waals surface area contributed by atoms with Crippen molar-refractivity contribution in [2.75, 3.05) is 6.61 Å². The molecule has 0 aliphatic heterocycles. The lowest BCUT2D eigenvalue weighted by Crippen LogP contribution is -1.93. The second kappa shape index (κ2) is 6.58. The predicted octanol–water partition coefficient (Wildman–Crippen LogP) is 3.46. The first-order valence-corrected chi connectivity index (χ1v) is 6.70. The highest BCUT2D eigenvalue weighted by Gasteiger charge is 2.03. The van der Waals surface area contributed by atoms with Gasteiger partial charge in [0.2, 0.25) is 0 Å². The number of hydrogen-bond acceptors (Lipinski definition) is 3. The first-order valence-electron chi connectivity index (χ1n) is 5.44. The van der Waals surface area contributed by atoms with Gasteiger partial charge in [-0.05, 0) is 18.2 Å². The van der Waals surface area contributed by atoms with Gasteiger partial charge in [-0.2, -0.15) is 0 Å². The van der Waals surface area contributed by atoms with Crippen LogP contribution in [0.4, 0.5) is 4.39 Å². The summed E-state index contributed by atoms with van der Waals surface area (Å²) in [7, 11) is 0. The molecular weight excluding hydrogens is 287 g/mol. The number of halogens is 2. The van der Waals surface area contributed by atoms with Crippen LogP contribution in [0, 0.1) is 17.7 Å². The molecule has 0 spiro atoms. The van der Waals surface area contributed by atoms with Gasteiger partial charge < -0.3 is 9.84 Å². The molecule has 0 atom stereocenters. The van der Waals surface area contributed by atoms with Crippen LogP contribution in [0.5, 0.6) is 5.75 Å². The van der Waals surface area contributed by atoms with Crippen molar-refractivity contribution in [1.82, 2.24) is 0 Å². The maximum atomic E-state index is 13.2. The van der Waals surface area contributed by atoms with Crippen molar-refractivity contribution in [2.45, 2.75) is 6.61 Å². The highest BCUT2D eigenvalue weighted by Crippen LogP contribution is 2.22. The highest BCUT2D eigenvalue weighted by atomic mass is 35.5. The van der Waals surface area contributed by atoms with Gasteiger partial charge in [0.1, 0.15) is 24.8 Å². The third kappa shape index (κ3) is 3.97. The molecule has 1 N–H and O–H groups in total. The van der Waals surface area contributed by atoms with Crippen LogP contribution in [0.1, 0.15) is 10.4 Å². The lowest BCUT2D eigenvalue weighted by atomic mass is 10.3. The third-order valence-electron chi connectivity index (χ3n) is 2.24. The highest BCUT2D eigenvalue weighted by molar-refractivity contribution is 7.10. The zero-order valence-corrected chi connectivity index (χ0v) is 11.4. The van der Waals surface area contributed by atoms with Crippen molar-refractivity contribution in [3.8, 4) is 17.6 Å². The van der Waals surface area contributed by atoms with Gasteiger partial charge in [-0.15, -0.1) is 11.3 Å². The predicted molar refractivity (Wildman–Crippen MR) is 74.0 cm³/mol. The molecule has 2 nitrogen and oxygen atoms in total. The molecule has 0 radical (unpaired) electrons. The Balaban J connectivity index is 1.98. The minimum atomic E-state index is -0.500. The molecule has 0 fully saturated rings. The molecule has 1 aromatic heterocycles. The summed E-state index contributed by atoms with van der Waals surface area (Å²) in [6.07, 6.45) is 0. The normalized spacial score (nSPS) is 9.84. The summed E-state index contributed by atoms with van der Waals surface area (Å²) in [5.74, 6) is 5.31. The molecule has 98 valence electrons. The van der Waals surface area contributed by atoms with E-state index in [2.05, 4.69) is 11.8 Å². The Kier molecular flexibility index (Phi) is 4.80. The van der Waals surface area contributed by atoms with Crippen molar-refractivity contribution < 1.29 is 14.2 Å². The fourth-order valence-electron chi connectivity index (χ4n) is 1.38. The van der Waals surface area contributed by atoms with E-state index >= 15 is 0 Å². The Bertz CT molecular complexity index is 628. The van der Waals surface area contributed by atoms with E-state index in [1.807, 2.05) is 11.4 Å². The summed E-state index contributed by atoms with van der Waals surface area (Å²) in [4.78, 5) is 0.970. The second-order valence-electron chi connectivity index (χ2n) is 3.63. The Hall–Kier alpha value is -1.54. The van der Waals surface area contributed by atoms with Crippen molar-refractivity contribution in [1.29, 1.82) is 0 Å². The van der Waals surface area contributed by atoms with E-state index < -0.39 is 5.82 Å². The average Bonchev–Trinajstić information content (AvgIpc) is 2.86. The summed E-state index contributed by atoms with van der Waals surface area (Å²) in [6, 6.07) is 6.20. The quantitative estimate of drug-likeness (QED) is 0.879. The SMILES string of the molecule is OCC#Cc1csc(COc2ccc(Cl)c(F)c2)c1. The third-order valence-corrected chi connectivity index (χ3v) is 3.45. The Morgan fingerprint density at radius 1 is 1.37 bits per heavy atom. The standard InChI is InChI=1S/C14H10ClFO2S/c15-13-4-3-11(7-14(13)16)18-8-12-6-10(9-19-12)2-1-5-17/h3-4,6-7,9,17H,5,8H2. The van der Waals surface area contributed by atoms with Gasteiger partial charge in [-0.25, -0.2) is 4.39 Å². The van der Waals surface area contributed by atoms with Crippen LogP contribution in [0.15, 0.2) is 29.6 Å². The van der Waals surface area contributed by atoms with E-state index in [0.717, 1.165) is 10.4 Å². The number of hydrogen-bond donors (Lipinski definition) is 1. The van der Waals surface area contributed by atoms with Crippen molar-refractivity contribution >= 4 is 22.9 Å². The average molecular weight is 297 g/mol. The lowest BCUT2D eigenvalue weighted by Gasteiger charge is -2.04. The molecule has 0 aliphatic carbocycles. The van der Waals surface area contributed by atoms with E-state index in [1.54, 1.807) is 6.07 Å². The summed E-state index contributed by atoms with van der Waals surface area (Å²) >= 11 is 7.08. The number of rotatable bonds is 3. The van der Waals surface area contributed by atoms with E-state index in [0.29, 0.717) is 12.4 Å². The van der Waals surface area contributed by atoms with Crippen LogP contribution in [0.2, 0.25) is 5.02 Å². The van der Waals surface area contributed by atoms with Crippen LogP contribution in [-0.2, 0) is 6.61 Å². The Labute approximate surface area is 119 Å².